The highest BCUT2D eigenvalue weighted by atomic mass is 19.4. The van der Waals surface area contributed by atoms with Crippen molar-refractivity contribution in [2.24, 2.45) is 0 Å². The van der Waals surface area contributed by atoms with Gasteiger partial charge < -0.3 is 10.6 Å². The Hall–Kier alpha value is -3.73. The lowest BCUT2D eigenvalue weighted by atomic mass is 10.1. The lowest BCUT2D eigenvalue weighted by Gasteiger charge is -2.16. The minimum absolute atomic E-state index is 0.000408. The van der Waals surface area contributed by atoms with Crippen LogP contribution in [0.4, 0.5) is 37.7 Å². The van der Waals surface area contributed by atoms with Crippen LogP contribution in [0.3, 0.4) is 0 Å². The molecule has 37 heavy (non-hydrogen) atoms. The fourth-order valence-corrected chi connectivity index (χ4v) is 3.64. The third-order valence-corrected chi connectivity index (χ3v) is 5.82. The lowest BCUT2D eigenvalue weighted by Crippen LogP contribution is -2.25. The first-order chi connectivity index (χ1) is 17.5. The number of alkyl halides is 6. The fraction of sp³-hybridized carbons (Fsp3) is 0.269. The van der Waals surface area contributed by atoms with Crippen molar-refractivity contribution in [3.8, 4) is 11.4 Å². The number of aromatic nitrogens is 3. The van der Waals surface area contributed by atoms with Crippen molar-refractivity contribution >= 4 is 22.4 Å². The van der Waals surface area contributed by atoms with E-state index in [1.165, 1.54) is 30.5 Å². The van der Waals surface area contributed by atoms with Crippen LogP contribution in [0, 0.1) is 0 Å². The van der Waals surface area contributed by atoms with Crippen molar-refractivity contribution in [3.63, 3.8) is 0 Å². The summed E-state index contributed by atoms with van der Waals surface area (Å²) in [7, 11) is 0. The maximum atomic E-state index is 13.6. The Morgan fingerprint density at radius 1 is 0.892 bits per heavy atom. The van der Waals surface area contributed by atoms with E-state index in [-0.39, 0.29) is 23.1 Å². The number of anilines is 2. The Morgan fingerprint density at radius 3 is 2.27 bits per heavy atom. The summed E-state index contributed by atoms with van der Waals surface area (Å²) < 4.78 is 79.5. The first kappa shape index (κ1) is 26.3. The molecule has 0 radical (unpaired) electrons. The highest BCUT2D eigenvalue weighted by Crippen LogP contribution is 2.36. The van der Waals surface area contributed by atoms with E-state index >= 15 is 0 Å². The minimum Gasteiger partial charge on any atom is -0.355 e. The van der Waals surface area contributed by atoms with Gasteiger partial charge in [0.15, 0.2) is 5.65 Å². The van der Waals surface area contributed by atoms with Crippen molar-refractivity contribution in [3.05, 3.63) is 77.6 Å². The average Bonchev–Trinajstić information content (AvgIpc) is 2.86. The van der Waals surface area contributed by atoms with E-state index in [2.05, 4.69) is 25.6 Å². The molecule has 0 aliphatic rings. The number of benzene rings is 1. The zero-order valence-corrected chi connectivity index (χ0v) is 19.9. The third-order valence-electron chi connectivity index (χ3n) is 5.82. The van der Waals surface area contributed by atoms with Gasteiger partial charge in [0.05, 0.1) is 28.2 Å². The van der Waals surface area contributed by atoms with Gasteiger partial charge in [-0.1, -0.05) is 6.92 Å². The van der Waals surface area contributed by atoms with Crippen molar-refractivity contribution in [1.29, 1.82) is 0 Å². The molecule has 4 rings (SSSR count). The minimum atomic E-state index is -4.62. The maximum Gasteiger partial charge on any atom is 0.418 e. The molecule has 11 heteroatoms. The predicted molar refractivity (Wildman–Crippen MR) is 129 cm³/mol. The first-order valence-corrected chi connectivity index (χ1v) is 11.5. The molecule has 194 valence electrons. The summed E-state index contributed by atoms with van der Waals surface area (Å²) in [5, 5.41) is 6.88. The summed E-state index contributed by atoms with van der Waals surface area (Å²) in [5.41, 5.74) is -0.383. The van der Waals surface area contributed by atoms with E-state index in [9.17, 15) is 26.3 Å². The Bertz CT molecular complexity index is 1380. The Balaban J connectivity index is 1.78. The highest BCUT2D eigenvalue weighted by molar-refractivity contribution is 5.92. The van der Waals surface area contributed by atoms with Gasteiger partial charge in [0, 0.05) is 29.9 Å². The molecule has 0 aliphatic heterocycles. The number of nitrogens with zero attached hydrogens (tertiary/aromatic N) is 3. The average molecular weight is 519 g/mol. The molecule has 1 atom stereocenters. The summed E-state index contributed by atoms with van der Waals surface area (Å²) in [6.45, 7) is 4.37. The van der Waals surface area contributed by atoms with Gasteiger partial charge in [-0.05, 0) is 67.9 Å². The summed E-state index contributed by atoms with van der Waals surface area (Å²) in [5.74, 6) is 0. The number of hydrogen-bond donors (Lipinski definition) is 2. The van der Waals surface area contributed by atoms with E-state index < -0.39 is 23.5 Å². The van der Waals surface area contributed by atoms with E-state index in [1.807, 2.05) is 13.8 Å². The van der Waals surface area contributed by atoms with Crippen molar-refractivity contribution in [1.82, 2.24) is 20.3 Å². The van der Waals surface area contributed by atoms with Crippen LogP contribution in [-0.4, -0.2) is 21.0 Å². The number of hydrogen-bond acceptors (Lipinski definition) is 5. The van der Waals surface area contributed by atoms with Crippen LogP contribution in [-0.2, 0) is 18.9 Å². The second kappa shape index (κ2) is 10.3. The molecule has 0 fully saturated rings. The zero-order valence-electron chi connectivity index (χ0n) is 19.9. The van der Waals surface area contributed by atoms with E-state index in [1.54, 1.807) is 12.1 Å². The van der Waals surface area contributed by atoms with Gasteiger partial charge in [0.2, 0.25) is 0 Å². The lowest BCUT2D eigenvalue weighted by molar-refractivity contribution is -0.138. The van der Waals surface area contributed by atoms with Crippen LogP contribution in [0.1, 0.15) is 37.1 Å². The summed E-state index contributed by atoms with van der Waals surface area (Å²) in [4.78, 5) is 12.8. The molecular weight excluding hydrogens is 496 g/mol. The molecule has 2 N–H and O–H groups in total. The molecule has 1 aromatic carbocycles. The van der Waals surface area contributed by atoms with Gasteiger partial charge in [-0.15, -0.1) is 0 Å². The van der Waals surface area contributed by atoms with Gasteiger partial charge in [-0.2, -0.15) is 26.3 Å². The van der Waals surface area contributed by atoms with Gasteiger partial charge in [0.1, 0.15) is 5.69 Å². The van der Waals surface area contributed by atoms with E-state index in [4.69, 9.17) is 0 Å². The monoisotopic (exact) mass is 519 g/mol. The van der Waals surface area contributed by atoms with Gasteiger partial charge in [-0.3, -0.25) is 4.98 Å². The third kappa shape index (κ3) is 6.16. The summed E-state index contributed by atoms with van der Waals surface area (Å²) in [6.07, 6.45) is -6.96. The van der Waals surface area contributed by atoms with Crippen LogP contribution >= 0.6 is 0 Å². The number of fused-ring (bicyclic) bond motifs is 1. The molecule has 0 spiro atoms. The Kier molecular flexibility index (Phi) is 7.35. The molecule has 0 saturated heterocycles. The predicted octanol–water partition coefficient (Wildman–Crippen LogP) is 7.36. The first-order valence-electron chi connectivity index (χ1n) is 11.5. The largest absolute Gasteiger partial charge is 0.418 e. The molecule has 0 aliphatic carbocycles. The van der Waals surface area contributed by atoms with Crippen molar-refractivity contribution < 1.29 is 26.3 Å². The zero-order chi connectivity index (χ0) is 26.8. The Morgan fingerprint density at radius 2 is 1.62 bits per heavy atom. The van der Waals surface area contributed by atoms with E-state index in [0.717, 1.165) is 24.6 Å². The molecule has 0 amide bonds. The van der Waals surface area contributed by atoms with Crippen LogP contribution in [0.5, 0.6) is 0 Å². The molecule has 0 saturated carbocycles. The molecule has 0 bridgehead atoms. The van der Waals surface area contributed by atoms with Crippen molar-refractivity contribution in [2.75, 3.05) is 5.32 Å². The topological polar surface area (TPSA) is 62.7 Å². The molecule has 1 unspecified atom stereocenters. The highest BCUT2D eigenvalue weighted by Gasteiger charge is 2.34. The summed E-state index contributed by atoms with van der Waals surface area (Å²) >= 11 is 0. The maximum absolute atomic E-state index is 13.6. The number of rotatable bonds is 7. The SMILES string of the molecule is CCC(C)NCc1cc(Nc2ccc(C(F)(F)F)cc2)c2ccc(-c3ncccc3C(F)(F)F)nc2n1. The second-order valence-corrected chi connectivity index (χ2v) is 8.52. The van der Waals surface area contributed by atoms with Crippen LogP contribution in [0.2, 0.25) is 0 Å². The Labute approximate surface area is 209 Å². The normalized spacial score (nSPS) is 13.1. The number of pyridine rings is 3. The quantitative estimate of drug-likeness (QED) is 0.250. The van der Waals surface area contributed by atoms with Crippen LogP contribution < -0.4 is 10.6 Å². The molecule has 4 aromatic rings. The number of nitrogens with one attached hydrogen (secondary N) is 2. The van der Waals surface area contributed by atoms with Gasteiger partial charge in [-0.25, -0.2) is 9.97 Å². The molecular formula is C26H23F6N5. The molecule has 3 aromatic heterocycles. The molecule has 5 nitrogen and oxygen atoms in total. The van der Waals surface area contributed by atoms with E-state index in [0.29, 0.717) is 29.0 Å². The standard InChI is InChI=1S/C26H23F6N5/c1-3-15(2)34-14-18-13-22(35-17-8-6-16(7-9-17)25(27,28)29)19-10-11-21(37-24(19)36-18)23-20(26(30,31)32)5-4-12-33-23/h4-13,15,34H,3,14H2,1-2H3,(H,35,36,37). The van der Waals surface area contributed by atoms with Crippen molar-refractivity contribution in [2.45, 2.75) is 45.2 Å². The summed E-state index contributed by atoms with van der Waals surface area (Å²) in [6, 6.07) is 11.6. The van der Waals surface area contributed by atoms with Gasteiger partial charge >= 0.3 is 12.4 Å². The van der Waals surface area contributed by atoms with Crippen LogP contribution in [0.25, 0.3) is 22.4 Å². The van der Waals surface area contributed by atoms with Crippen LogP contribution in [0.15, 0.2) is 60.8 Å². The fourth-order valence-electron chi connectivity index (χ4n) is 3.64. The number of halogens is 6. The molecule has 3 heterocycles. The second-order valence-electron chi connectivity index (χ2n) is 8.52. The smallest absolute Gasteiger partial charge is 0.355 e. The van der Waals surface area contributed by atoms with Gasteiger partial charge in [0.25, 0.3) is 0 Å².